The SMILES string of the molecule is CC(C)OCCS(=O)(=O)Nc1ccnc(C(=O)O)c1. The monoisotopic (exact) mass is 288 g/mol. The molecule has 106 valence electrons. The Kier molecular flexibility index (Phi) is 5.25. The highest BCUT2D eigenvalue weighted by molar-refractivity contribution is 7.92. The van der Waals surface area contributed by atoms with E-state index in [0.29, 0.717) is 0 Å². The average molecular weight is 288 g/mol. The molecule has 1 aromatic rings. The molecule has 0 saturated carbocycles. The summed E-state index contributed by atoms with van der Waals surface area (Å²) in [6, 6.07) is 2.54. The van der Waals surface area contributed by atoms with E-state index in [9.17, 15) is 13.2 Å². The number of carbonyl (C=O) groups is 1. The van der Waals surface area contributed by atoms with E-state index in [1.807, 2.05) is 13.8 Å². The number of sulfonamides is 1. The molecule has 0 amide bonds. The number of anilines is 1. The lowest BCUT2D eigenvalue weighted by Gasteiger charge is -2.10. The second kappa shape index (κ2) is 6.48. The molecule has 0 atom stereocenters. The molecule has 0 spiro atoms. The minimum atomic E-state index is -3.57. The highest BCUT2D eigenvalue weighted by Gasteiger charge is 2.12. The molecule has 7 nitrogen and oxygen atoms in total. The molecule has 0 aliphatic rings. The number of nitrogens with one attached hydrogen (secondary N) is 1. The van der Waals surface area contributed by atoms with Crippen molar-refractivity contribution in [1.82, 2.24) is 4.98 Å². The fourth-order valence-corrected chi connectivity index (χ4v) is 2.14. The lowest BCUT2D eigenvalue weighted by atomic mass is 10.3. The van der Waals surface area contributed by atoms with Crippen molar-refractivity contribution >= 4 is 21.7 Å². The van der Waals surface area contributed by atoms with E-state index in [-0.39, 0.29) is 29.8 Å². The van der Waals surface area contributed by atoms with Crippen molar-refractivity contribution in [3.05, 3.63) is 24.0 Å². The van der Waals surface area contributed by atoms with Crippen LogP contribution in [0.2, 0.25) is 0 Å². The number of pyridine rings is 1. The molecule has 0 aliphatic carbocycles. The molecular weight excluding hydrogens is 272 g/mol. The van der Waals surface area contributed by atoms with Crippen molar-refractivity contribution in [2.45, 2.75) is 20.0 Å². The van der Waals surface area contributed by atoms with Crippen LogP contribution in [0, 0.1) is 0 Å². The standard InChI is InChI=1S/C11H16N2O5S/c1-8(2)18-5-6-19(16,17)13-9-3-4-12-10(7-9)11(14)15/h3-4,7-8H,5-6H2,1-2H3,(H,12,13)(H,14,15). The third kappa shape index (κ3) is 5.66. The zero-order valence-corrected chi connectivity index (χ0v) is 11.5. The lowest BCUT2D eigenvalue weighted by Crippen LogP contribution is -2.21. The van der Waals surface area contributed by atoms with Crippen molar-refractivity contribution in [3.8, 4) is 0 Å². The molecule has 1 rings (SSSR count). The first kappa shape index (κ1) is 15.4. The predicted octanol–water partition coefficient (Wildman–Crippen LogP) is 0.946. The number of rotatable bonds is 7. The first-order valence-electron chi connectivity index (χ1n) is 5.61. The Labute approximate surface area is 111 Å². The van der Waals surface area contributed by atoms with Gasteiger partial charge >= 0.3 is 5.97 Å². The molecule has 1 aromatic heterocycles. The van der Waals surface area contributed by atoms with Crippen molar-refractivity contribution in [2.24, 2.45) is 0 Å². The lowest BCUT2D eigenvalue weighted by molar-refractivity contribution is 0.0690. The maximum Gasteiger partial charge on any atom is 0.354 e. The van der Waals surface area contributed by atoms with Gasteiger partial charge in [0.15, 0.2) is 0 Å². The van der Waals surface area contributed by atoms with Gasteiger partial charge < -0.3 is 9.84 Å². The van der Waals surface area contributed by atoms with Gasteiger partial charge in [0.2, 0.25) is 10.0 Å². The summed E-state index contributed by atoms with van der Waals surface area (Å²) in [6.45, 7) is 3.69. The molecule has 0 saturated heterocycles. The molecule has 19 heavy (non-hydrogen) atoms. The van der Waals surface area contributed by atoms with Crippen LogP contribution in [0.15, 0.2) is 18.3 Å². The largest absolute Gasteiger partial charge is 0.477 e. The molecular formula is C11H16N2O5S. The summed E-state index contributed by atoms with van der Waals surface area (Å²) in [4.78, 5) is 14.3. The van der Waals surface area contributed by atoms with Crippen LogP contribution in [0.25, 0.3) is 0 Å². The summed E-state index contributed by atoms with van der Waals surface area (Å²) in [6.07, 6.45) is 1.18. The quantitative estimate of drug-likeness (QED) is 0.773. The van der Waals surface area contributed by atoms with Gasteiger partial charge in [-0.1, -0.05) is 0 Å². The Morgan fingerprint density at radius 1 is 1.53 bits per heavy atom. The van der Waals surface area contributed by atoms with Gasteiger partial charge in [-0.3, -0.25) is 4.72 Å². The first-order valence-corrected chi connectivity index (χ1v) is 7.27. The number of ether oxygens (including phenoxy) is 1. The summed E-state index contributed by atoms with van der Waals surface area (Å²) in [5.41, 5.74) is -0.0597. The number of hydrogen-bond acceptors (Lipinski definition) is 5. The second-order valence-corrected chi connectivity index (χ2v) is 5.92. The minimum absolute atomic E-state index is 0.0465. The zero-order chi connectivity index (χ0) is 14.5. The van der Waals surface area contributed by atoms with Crippen LogP contribution in [-0.2, 0) is 14.8 Å². The predicted molar refractivity (Wildman–Crippen MR) is 69.7 cm³/mol. The van der Waals surface area contributed by atoms with Crippen LogP contribution in [-0.4, -0.2) is 42.9 Å². The van der Waals surface area contributed by atoms with Gasteiger partial charge in [0.25, 0.3) is 0 Å². The zero-order valence-electron chi connectivity index (χ0n) is 10.7. The van der Waals surface area contributed by atoms with Crippen LogP contribution in [0.5, 0.6) is 0 Å². The number of carboxylic acids is 1. The van der Waals surface area contributed by atoms with Crippen molar-refractivity contribution in [3.63, 3.8) is 0 Å². The number of nitrogens with zero attached hydrogens (tertiary/aromatic N) is 1. The van der Waals surface area contributed by atoms with E-state index in [2.05, 4.69) is 9.71 Å². The third-order valence-electron chi connectivity index (χ3n) is 2.06. The molecule has 8 heteroatoms. The smallest absolute Gasteiger partial charge is 0.354 e. The molecule has 1 heterocycles. The van der Waals surface area contributed by atoms with E-state index in [1.54, 1.807) is 0 Å². The maximum absolute atomic E-state index is 11.7. The molecule has 2 N–H and O–H groups in total. The average Bonchev–Trinajstić information content (AvgIpc) is 2.27. The van der Waals surface area contributed by atoms with E-state index in [4.69, 9.17) is 9.84 Å². The van der Waals surface area contributed by atoms with E-state index < -0.39 is 16.0 Å². The van der Waals surface area contributed by atoms with Crippen molar-refractivity contribution in [1.29, 1.82) is 0 Å². The Morgan fingerprint density at radius 3 is 2.79 bits per heavy atom. The fourth-order valence-electron chi connectivity index (χ4n) is 1.24. The van der Waals surface area contributed by atoms with Crippen molar-refractivity contribution < 1.29 is 23.1 Å². The molecule has 0 radical (unpaired) electrons. The van der Waals surface area contributed by atoms with Crippen LogP contribution in [0.4, 0.5) is 5.69 Å². The van der Waals surface area contributed by atoms with Gasteiger partial charge in [0.05, 0.1) is 24.2 Å². The molecule has 0 aromatic carbocycles. The molecule has 0 aliphatic heterocycles. The summed E-state index contributed by atoms with van der Waals surface area (Å²) in [5.74, 6) is -1.42. The number of carboxylic acid groups (broad SMARTS) is 1. The van der Waals surface area contributed by atoms with E-state index in [1.165, 1.54) is 12.3 Å². The number of hydrogen-bond donors (Lipinski definition) is 2. The van der Waals surface area contributed by atoms with Gasteiger partial charge in [0.1, 0.15) is 5.69 Å². The van der Waals surface area contributed by atoms with Crippen molar-refractivity contribution in [2.75, 3.05) is 17.1 Å². The Morgan fingerprint density at radius 2 is 2.21 bits per heavy atom. The van der Waals surface area contributed by atoms with Gasteiger partial charge in [-0.2, -0.15) is 0 Å². The summed E-state index contributed by atoms with van der Waals surface area (Å²) >= 11 is 0. The van der Waals surface area contributed by atoms with E-state index >= 15 is 0 Å². The molecule has 0 fully saturated rings. The van der Waals surface area contributed by atoms with Crippen LogP contribution in [0.3, 0.4) is 0 Å². The van der Waals surface area contributed by atoms with Crippen LogP contribution >= 0.6 is 0 Å². The number of aromatic carboxylic acids is 1. The Bertz CT molecular complexity index is 542. The highest BCUT2D eigenvalue weighted by Crippen LogP contribution is 2.10. The Balaban J connectivity index is 2.67. The first-order chi connectivity index (χ1) is 8.80. The fraction of sp³-hybridized carbons (Fsp3) is 0.455. The Hall–Kier alpha value is -1.67. The summed E-state index contributed by atoms with van der Waals surface area (Å²) < 4.78 is 30.8. The minimum Gasteiger partial charge on any atom is -0.477 e. The topological polar surface area (TPSA) is 106 Å². The van der Waals surface area contributed by atoms with E-state index in [0.717, 1.165) is 6.07 Å². The molecule has 0 unspecified atom stereocenters. The second-order valence-electron chi connectivity index (χ2n) is 4.08. The highest BCUT2D eigenvalue weighted by atomic mass is 32.2. The van der Waals surface area contributed by atoms with Gasteiger partial charge in [-0.05, 0) is 26.0 Å². The maximum atomic E-state index is 11.7. The van der Waals surface area contributed by atoms with Gasteiger partial charge in [0, 0.05) is 6.20 Å². The van der Waals surface area contributed by atoms with Gasteiger partial charge in [-0.15, -0.1) is 0 Å². The normalized spacial score (nSPS) is 11.5. The number of aromatic nitrogens is 1. The summed E-state index contributed by atoms with van der Waals surface area (Å²) in [5, 5.41) is 8.75. The van der Waals surface area contributed by atoms with Crippen LogP contribution in [0.1, 0.15) is 24.3 Å². The summed E-state index contributed by atoms with van der Waals surface area (Å²) in [7, 11) is -3.57. The van der Waals surface area contributed by atoms with Gasteiger partial charge in [-0.25, -0.2) is 18.2 Å². The van der Waals surface area contributed by atoms with Crippen LogP contribution < -0.4 is 4.72 Å². The third-order valence-corrected chi connectivity index (χ3v) is 3.31. The molecule has 0 bridgehead atoms.